The molecule has 0 saturated carbocycles. The predicted octanol–water partition coefficient (Wildman–Crippen LogP) is 2.55. The molecule has 0 atom stereocenters. The Labute approximate surface area is 116 Å². The van der Waals surface area contributed by atoms with Gasteiger partial charge in [-0.05, 0) is 6.42 Å². The van der Waals surface area contributed by atoms with Crippen molar-refractivity contribution in [1.82, 2.24) is 4.90 Å². The molecular weight excluding hydrogens is 303 g/mol. The Bertz CT molecular complexity index is 434. The highest BCUT2D eigenvalue weighted by Crippen LogP contribution is 2.33. The molecule has 0 radical (unpaired) electrons. The van der Waals surface area contributed by atoms with Gasteiger partial charge in [-0.1, -0.05) is 30.1 Å². The second kappa shape index (κ2) is 6.38. The topological polar surface area (TPSA) is 57.6 Å². The van der Waals surface area contributed by atoms with Gasteiger partial charge >= 0.3 is 12.1 Å². The Morgan fingerprint density at radius 3 is 2.63 bits per heavy atom. The van der Waals surface area contributed by atoms with Crippen molar-refractivity contribution < 1.29 is 27.9 Å². The quantitative estimate of drug-likeness (QED) is 0.624. The minimum Gasteiger partial charge on any atom is -0.481 e. The van der Waals surface area contributed by atoms with Crippen LogP contribution in [-0.4, -0.2) is 38.9 Å². The van der Waals surface area contributed by atoms with Crippen LogP contribution in [0.4, 0.5) is 13.2 Å². The first-order chi connectivity index (χ1) is 8.70. The van der Waals surface area contributed by atoms with Gasteiger partial charge in [0.1, 0.15) is 4.32 Å². The molecule has 19 heavy (non-hydrogen) atoms. The molecule has 1 N–H and O–H groups in total. The van der Waals surface area contributed by atoms with E-state index in [1.807, 2.05) is 0 Å². The molecule has 4 nitrogen and oxygen atoms in total. The molecule has 0 spiro atoms. The van der Waals surface area contributed by atoms with Gasteiger partial charge in [0, 0.05) is 13.0 Å². The normalized spacial score (nSPS) is 18.5. The van der Waals surface area contributed by atoms with Crippen molar-refractivity contribution in [1.29, 1.82) is 0 Å². The van der Waals surface area contributed by atoms with E-state index < -0.39 is 24.5 Å². The predicted molar refractivity (Wildman–Crippen MR) is 67.5 cm³/mol. The van der Waals surface area contributed by atoms with Crippen molar-refractivity contribution in [2.75, 3.05) is 6.54 Å². The van der Waals surface area contributed by atoms with Crippen molar-refractivity contribution in [3.05, 3.63) is 11.0 Å². The van der Waals surface area contributed by atoms with E-state index in [4.69, 9.17) is 17.3 Å². The van der Waals surface area contributed by atoms with Crippen LogP contribution >= 0.6 is 24.0 Å². The average Bonchev–Trinajstić information content (AvgIpc) is 2.52. The highest BCUT2D eigenvalue weighted by molar-refractivity contribution is 8.26. The fourth-order valence-corrected chi connectivity index (χ4v) is 2.61. The lowest BCUT2D eigenvalue weighted by Crippen LogP contribution is -2.29. The standard InChI is InChI=1S/C10H10F3NO3S2/c11-10(12,13)4-3-6-8(17)14(9(18)19-6)5-1-2-7(15)16/h3H,1-2,4-5H2,(H,15,16)/b6-3-. The van der Waals surface area contributed by atoms with Gasteiger partial charge in [0.15, 0.2) is 0 Å². The summed E-state index contributed by atoms with van der Waals surface area (Å²) < 4.78 is 36.3. The molecule has 1 aliphatic heterocycles. The SMILES string of the molecule is O=C(O)CCCN1C(=O)/C(=C/CC(F)(F)F)SC1=S. The Hall–Kier alpha value is -1.09. The lowest BCUT2D eigenvalue weighted by atomic mass is 10.3. The van der Waals surface area contributed by atoms with Gasteiger partial charge in [-0.15, -0.1) is 0 Å². The monoisotopic (exact) mass is 313 g/mol. The lowest BCUT2D eigenvalue weighted by Gasteiger charge is -2.13. The van der Waals surface area contributed by atoms with E-state index in [2.05, 4.69) is 0 Å². The van der Waals surface area contributed by atoms with E-state index in [0.717, 1.165) is 22.7 Å². The third-order valence-corrected chi connectivity index (χ3v) is 3.59. The maximum atomic E-state index is 12.0. The van der Waals surface area contributed by atoms with Crippen LogP contribution < -0.4 is 0 Å². The number of carbonyl (C=O) groups excluding carboxylic acids is 1. The molecule has 0 aliphatic carbocycles. The number of aliphatic carboxylic acids is 1. The van der Waals surface area contributed by atoms with Crippen LogP contribution in [0.5, 0.6) is 0 Å². The molecule has 0 bridgehead atoms. The highest BCUT2D eigenvalue weighted by atomic mass is 32.2. The molecule has 1 heterocycles. The molecule has 0 aromatic heterocycles. The zero-order chi connectivity index (χ0) is 14.6. The first kappa shape index (κ1) is 16.0. The van der Waals surface area contributed by atoms with E-state index in [1.165, 1.54) is 0 Å². The third-order valence-electron chi connectivity index (χ3n) is 2.16. The molecule has 106 valence electrons. The molecule has 1 aliphatic rings. The van der Waals surface area contributed by atoms with Crippen molar-refractivity contribution in [3.8, 4) is 0 Å². The molecule has 1 fully saturated rings. The maximum Gasteiger partial charge on any atom is 0.392 e. The summed E-state index contributed by atoms with van der Waals surface area (Å²) in [5.41, 5.74) is 0. The van der Waals surface area contributed by atoms with E-state index in [9.17, 15) is 22.8 Å². The van der Waals surface area contributed by atoms with Crippen molar-refractivity contribution in [3.63, 3.8) is 0 Å². The van der Waals surface area contributed by atoms with Crippen LogP contribution in [0, 0.1) is 0 Å². The largest absolute Gasteiger partial charge is 0.481 e. The van der Waals surface area contributed by atoms with E-state index in [-0.39, 0.29) is 28.6 Å². The smallest absolute Gasteiger partial charge is 0.392 e. The molecule has 1 rings (SSSR count). The van der Waals surface area contributed by atoms with E-state index in [0.29, 0.717) is 0 Å². The van der Waals surface area contributed by atoms with Gasteiger partial charge in [0.05, 0.1) is 11.3 Å². The van der Waals surface area contributed by atoms with Crippen LogP contribution in [-0.2, 0) is 9.59 Å². The Balaban J connectivity index is 2.60. The summed E-state index contributed by atoms with van der Waals surface area (Å²) in [5.74, 6) is -1.59. The van der Waals surface area contributed by atoms with Crippen LogP contribution in [0.3, 0.4) is 0 Å². The molecular formula is C10H10F3NO3S2. The maximum absolute atomic E-state index is 12.0. The number of nitrogens with zero attached hydrogens (tertiary/aromatic N) is 1. The van der Waals surface area contributed by atoms with Gasteiger partial charge in [0.2, 0.25) is 0 Å². The number of carboxylic acid groups (broad SMARTS) is 1. The molecule has 1 saturated heterocycles. The van der Waals surface area contributed by atoms with Gasteiger partial charge in [-0.25, -0.2) is 0 Å². The zero-order valence-electron chi connectivity index (χ0n) is 9.57. The number of allylic oxidation sites excluding steroid dienone is 1. The average molecular weight is 313 g/mol. The summed E-state index contributed by atoms with van der Waals surface area (Å²) in [4.78, 5) is 23.2. The third kappa shape index (κ3) is 5.19. The number of amides is 1. The number of thiocarbonyl (C=S) groups is 1. The number of rotatable bonds is 5. The van der Waals surface area contributed by atoms with Crippen LogP contribution in [0.1, 0.15) is 19.3 Å². The summed E-state index contributed by atoms with van der Waals surface area (Å²) in [6, 6.07) is 0. The summed E-state index contributed by atoms with van der Waals surface area (Å²) in [6.45, 7) is 0.0975. The number of thioether (sulfide) groups is 1. The number of carbonyl (C=O) groups is 2. The molecule has 9 heteroatoms. The van der Waals surface area contributed by atoms with E-state index >= 15 is 0 Å². The summed E-state index contributed by atoms with van der Waals surface area (Å²) >= 11 is 5.68. The number of carboxylic acids is 1. The van der Waals surface area contributed by atoms with Crippen LogP contribution in [0.15, 0.2) is 11.0 Å². The minimum absolute atomic E-state index is 0.0577. The van der Waals surface area contributed by atoms with Crippen molar-refractivity contribution in [2.24, 2.45) is 0 Å². The second-order valence-corrected chi connectivity index (χ2v) is 5.39. The molecule has 0 aromatic carbocycles. The Morgan fingerprint density at radius 1 is 1.47 bits per heavy atom. The zero-order valence-corrected chi connectivity index (χ0v) is 11.2. The summed E-state index contributed by atoms with van der Waals surface area (Å²) in [7, 11) is 0. The summed E-state index contributed by atoms with van der Waals surface area (Å²) in [6.07, 6.45) is -4.68. The van der Waals surface area contributed by atoms with E-state index in [1.54, 1.807) is 0 Å². The van der Waals surface area contributed by atoms with Crippen LogP contribution in [0.25, 0.3) is 0 Å². The number of hydrogen-bond acceptors (Lipinski definition) is 4. The van der Waals surface area contributed by atoms with Crippen LogP contribution in [0.2, 0.25) is 0 Å². The Kier molecular flexibility index (Phi) is 5.36. The number of alkyl halides is 3. The first-order valence-corrected chi connectivity index (χ1v) is 6.45. The highest BCUT2D eigenvalue weighted by Gasteiger charge is 2.33. The molecule has 1 amide bonds. The Morgan fingerprint density at radius 2 is 2.11 bits per heavy atom. The number of hydrogen-bond donors (Lipinski definition) is 1. The lowest BCUT2D eigenvalue weighted by molar-refractivity contribution is -0.137. The fourth-order valence-electron chi connectivity index (χ4n) is 1.33. The van der Waals surface area contributed by atoms with Crippen molar-refractivity contribution >= 4 is 40.2 Å². The molecule has 0 aromatic rings. The van der Waals surface area contributed by atoms with Gasteiger partial charge in [0.25, 0.3) is 5.91 Å². The fraction of sp³-hybridized carbons (Fsp3) is 0.500. The first-order valence-electron chi connectivity index (χ1n) is 5.23. The second-order valence-electron chi connectivity index (χ2n) is 3.71. The molecule has 0 unspecified atom stereocenters. The minimum atomic E-state index is -4.37. The van der Waals surface area contributed by atoms with Gasteiger partial charge in [-0.3, -0.25) is 14.5 Å². The summed E-state index contributed by atoms with van der Waals surface area (Å²) in [5, 5.41) is 8.47. The van der Waals surface area contributed by atoms with Gasteiger partial charge < -0.3 is 5.11 Å². The van der Waals surface area contributed by atoms with Crippen molar-refractivity contribution in [2.45, 2.75) is 25.4 Å². The number of halogens is 3. The van der Waals surface area contributed by atoms with Gasteiger partial charge in [-0.2, -0.15) is 13.2 Å².